The van der Waals surface area contributed by atoms with Crippen molar-refractivity contribution in [3.05, 3.63) is 92.8 Å². The van der Waals surface area contributed by atoms with E-state index >= 15 is 0 Å². The minimum Gasteiger partial charge on any atom is -0.324 e. The average molecular weight is 444 g/mol. The van der Waals surface area contributed by atoms with Crippen LogP contribution in [-0.4, -0.2) is 15.5 Å². The van der Waals surface area contributed by atoms with Gasteiger partial charge in [0.25, 0.3) is 5.56 Å². The number of rotatable bonds is 5. The number of carbonyl (C=O) groups excluding carboxylic acids is 1. The summed E-state index contributed by atoms with van der Waals surface area (Å²) in [6.07, 6.45) is 7.65. The molecule has 4 aromatic rings. The van der Waals surface area contributed by atoms with Crippen molar-refractivity contribution in [3.63, 3.8) is 0 Å². The Morgan fingerprint density at radius 2 is 1.78 bits per heavy atom. The molecule has 1 aliphatic carbocycles. The molecule has 2 aromatic heterocycles. The SMILES string of the molecule is O=C(Cn1cnc2sc3c(c2c1=O)CCCCC3)Nc1ccccc1Cc1ccccc1. The molecule has 0 saturated carbocycles. The number of hydrogen-bond donors (Lipinski definition) is 1. The number of anilines is 1. The van der Waals surface area contributed by atoms with E-state index in [2.05, 4.69) is 22.4 Å². The highest BCUT2D eigenvalue weighted by Crippen LogP contribution is 2.32. The Hall–Kier alpha value is -3.25. The fourth-order valence-corrected chi connectivity index (χ4v) is 5.65. The van der Waals surface area contributed by atoms with Crippen LogP contribution in [0.5, 0.6) is 0 Å². The fourth-order valence-electron chi connectivity index (χ4n) is 4.43. The van der Waals surface area contributed by atoms with Crippen LogP contribution in [0.1, 0.15) is 40.8 Å². The number of nitrogens with one attached hydrogen (secondary N) is 1. The molecule has 2 aromatic carbocycles. The molecule has 0 spiro atoms. The first-order chi connectivity index (χ1) is 15.7. The molecule has 0 bridgehead atoms. The summed E-state index contributed by atoms with van der Waals surface area (Å²) >= 11 is 1.64. The van der Waals surface area contributed by atoms with Crippen molar-refractivity contribution in [2.24, 2.45) is 0 Å². The van der Waals surface area contributed by atoms with E-state index < -0.39 is 0 Å². The molecular formula is C26H25N3O2S. The number of aryl methyl sites for hydroxylation is 2. The van der Waals surface area contributed by atoms with Crippen molar-refractivity contribution in [2.75, 3.05) is 5.32 Å². The summed E-state index contributed by atoms with van der Waals surface area (Å²) in [5.41, 5.74) is 4.03. The maximum absolute atomic E-state index is 13.2. The summed E-state index contributed by atoms with van der Waals surface area (Å²) in [5.74, 6) is -0.227. The van der Waals surface area contributed by atoms with Crippen LogP contribution in [-0.2, 0) is 30.6 Å². The van der Waals surface area contributed by atoms with E-state index in [-0.39, 0.29) is 18.0 Å². The van der Waals surface area contributed by atoms with Gasteiger partial charge in [-0.05, 0) is 54.9 Å². The minimum atomic E-state index is -0.227. The number of thiophene rings is 1. The van der Waals surface area contributed by atoms with Gasteiger partial charge in [0.05, 0.1) is 11.7 Å². The number of carbonyl (C=O) groups is 1. The van der Waals surface area contributed by atoms with Crippen LogP contribution >= 0.6 is 11.3 Å². The first kappa shape index (κ1) is 20.6. The van der Waals surface area contributed by atoms with Crippen molar-refractivity contribution in [1.29, 1.82) is 0 Å². The summed E-state index contributed by atoms with van der Waals surface area (Å²) in [6, 6.07) is 18.0. The Kier molecular flexibility index (Phi) is 5.86. The fraction of sp³-hybridized carbons (Fsp3) is 0.269. The number of aromatic nitrogens is 2. The lowest BCUT2D eigenvalue weighted by Gasteiger charge is -2.12. The van der Waals surface area contributed by atoms with Crippen molar-refractivity contribution in [3.8, 4) is 0 Å². The predicted molar refractivity (Wildman–Crippen MR) is 129 cm³/mol. The van der Waals surface area contributed by atoms with Gasteiger partial charge < -0.3 is 5.32 Å². The lowest BCUT2D eigenvalue weighted by molar-refractivity contribution is -0.116. The van der Waals surface area contributed by atoms with E-state index in [0.29, 0.717) is 5.39 Å². The highest BCUT2D eigenvalue weighted by molar-refractivity contribution is 7.18. The largest absolute Gasteiger partial charge is 0.324 e. The molecule has 1 N–H and O–H groups in total. The Balaban J connectivity index is 1.38. The highest BCUT2D eigenvalue weighted by atomic mass is 32.1. The van der Waals surface area contributed by atoms with E-state index in [1.54, 1.807) is 11.3 Å². The average Bonchev–Trinajstić information content (AvgIpc) is 3.00. The quantitative estimate of drug-likeness (QED) is 0.444. The maximum atomic E-state index is 13.2. The number of fused-ring (bicyclic) bond motifs is 3. The summed E-state index contributed by atoms with van der Waals surface area (Å²) in [5, 5.41) is 3.71. The second-order valence-corrected chi connectivity index (χ2v) is 9.37. The van der Waals surface area contributed by atoms with E-state index in [4.69, 9.17) is 0 Å². The second-order valence-electron chi connectivity index (χ2n) is 8.29. The van der Waals surface area contributed by atoms with E-state index in [9.17, 15) is 9.59 Å². The van der Waals surface area contributed by atoms with Gasteiger partial charge in [-0.2, -0.15) is 0 Å². The predicted octanol–water partition coefficient (Wildman–Crippen LogP) is 4.96. The summed E-state index contributed by atoms with van der Waals surface area (Å²) in [4.78, 5) is 32.7. The number of amides is 1. The molecule has 162 valence electrons. The van der Waals surface area contributed by atoms with Gasteiger partial charge in [0.2, 0.25) is 5.91 Å². The lowest BCUT2D eigenvalue weighted by Crippen LogP contribution is -2.28. The van der Waals surface area contributed by atoms with Crippen LogP contribution < -0.4 is 10.9 Å². The smallest absolute Gasteiger partial charge is 0.262 e. The third-order valence-corrected chi connectivity index (χ3v) is 7.23. The molecule has 0 radical (unpaired) electrons. The summed E-state index contributed by atoms with van der Waals surface area (Å²) in [7, 11) is 0. The molecule has 0 atom stereocenters. The Morgan fingerprint density at radius 1 is 1.00 bits per heavy atom. The van der Waals surface area contributed by atoms with Gasteiger partial charge in [-0.15, -0.1) is 11.3 Å². The molecule has 0 unspecified atom stereocenters. The molecule has 0 fully saturated rings. The topological polar surface area (TPSA) is 64.0 Å². The van der Waals surface area contributed by atoms with E-state index in [0.717, 1.165) is 47.3 Å². The van der Waals surface area contributed by atoms with Gasteiger partial charge in [0.15, 0.2) is 0 Å². The summed E-state index contributed by atoms with van der Waals surface area (Å²) in [6.45, 7) is -0.0495. The molecule has 32 heavy (non-hydrogen) atoms. The van der Waals surface area contributed by atoms with Crippen molar-refractivity contribution in [2.45, 2.75) is 45.1 Å². The number of benzene rings is 2. The second kappa shape index (κ2) is 9.09. The minimum absolute atomic E-state index is 0.0495. The Bertz CT molecular complexity index is 1320. The first-order valence-electron chi connectivity index (χ1n) is 11.1. The van der Waals surface area contributed by atoms with Crippen molar-refractivity contribution < 1.29 is 4.79 Å². The van der Waals surface area contributed by atoms with Crippen LogP contribution in [0.25, 0.3) is 10.2 Å². The van der Waals surface area contributed by atoms with Gasteiger partial charge in [-0.3, -0.25) is 14.2 Å². The van der Waals surface area contributed by atoms with Crippen LogP contribution in [0.3, 0.4) is 0 Å². The number of hydrogen-bond acceptors (Lipinski definition) is 4. The zero-order valence-corrected chi connectivity index (χ0v) is 18.7. The zero-order valence-electron chi connectivity index (χ0n) is 17.8. The number of nitrogens with zero attached hydrogens (tertiary/aromatic N) is 2. The first-order valence-corrected chi connectivity index (χ1v) is 11.9. The molecular weight excluding hydrogens is 418 g/mol. The Morgan fingerprint density at radius 3 is 2.66 bits per heavy atom. The van der Waals surface area contributed by atoms with E-state index in [1.165, 1.54) is 34.2 Å². The molecule has 0 saturated heterocycles. The third-order valence-electron chi connectivity index (χ3n) is 6.03. The Labute approximate surface area is 190 Å². The molecule has 0 aliphatic heterocycles. The third kappa shape index (κ3) is 4.23. The maximum Gasteiger partial charge on any atom is 0.262 e. The van der Waals surface area contributed by atoms with Gasteiger partial charge in [-0.25, -0.2) is 4.98 Å². The van der Waals surface area contributed by atoms with Crippen LogP contribution in [0.4, 0.5) is 5.69 Å². The molecule has 2 heterocycles. The molecule has 6 heteroatoms. The normalized spacial score (nSPS) is 13.5. The molecule has 5 rings (SSSR count). The highest BCUT2D eigenvalue weighted by Gasteiger charge is 2.20. The monoisotopic (exact) mass is 443 g/mol. The molecule has 1 aliphatic rings. The van der Waals surface area contributed by atoms with Crippen LogP contribution in [0, 0.1) is 0 Å². The van der Waals surface area contributed by atoms with Gasteiger partial charge in [-0.1, -0.05) is 55.0 Å². The molecule has 1 amide bonds. The summed E-state index contributed by atoms with van der Waals surface area (Å²) < 4.78 is 1.44. The van der Waals surface area contributed by atoms with Gasteiger partial charge in [0.1, 0.15) is 11.4 Å². The van der Waals surface area contributed by atoms with Crippen molar-refractivity contribution in [1.82, 2.24) is 9.55 Å². The standard InChI is InChI=1S/C26H25N3O2S/c30-23(28-21-13-8-7-11-19(21)15-18-9-3-1-4-10-18)16-29-17-27-25-24(26(29)31)20-12-5-2-6-14-22(20)32-25/h1,3-4,7-11,13,17H,2,5-6,12,14-16H2,(H,28,30). The van der Waals surface area contributed by atoms with Crippen molar-refractivity contribution >= 4 is 33.1 Å². The van der Waals surface area contributed by atoms with Gasteiger partial charge in [0, 0.05) is 10.6 Å². The molecule has 5 nitrogen and oxygen atoms in total. The number of para-hydroxylation sites is 1. The lowest BCUT2D eigenvalue weighted by atomic mass is 10.0. The van der Waals surface area contributed by atoms with Crippen LogP contribution in [0.15, 0.2) is 65.7 Å². The van der Waals surface area contributed by atoms with Gasteiger partial charge >= 0.3 is 0 Å². The van der Waals surface area contributed by atoms with Crippen LogP contribution in [0.2, 0.25) is 0 Å². The zero-order chi connectivity index (χ0) is 21.9. The van der Waals surface area contributed by atoms with E-state index in [1.807, 2.05) is 42.5 Å².